The molecule has 0 saturated carbocycles. The number of aryl methyl sites for hydroxylation is 1. The second-order valence-corrected chi connectivity index (χ2v) is 6.50. The second kappa shape index (κ2) is 7.68. The number of hydrogen-bond acceptors (Lipinski definition) is 6. The van der Waals surface area contributed by atoms with E-state index in [1.54, 1.807) is 12.1 Å². The van der Waals surface area contributed by atoms with E-state index in [9.17, 15) is 9.59 Å². The Bertz CT molecular complexity index is 805. The zero-order valence-electron chi connectivity index (χ0n) is 15.5. The Labute approximate surface area is 153 Å². The number of carbonyl (C=O) groups is 2. The Kier molecular flexibility index (Phi) is 5.35. The number of Topliss-reactive ketones (excluding diaryl/α,β-unsaturated/α-hetero) is 1. The van der Waals surface area contributed by atoms with Crippen molar-refractivity contribution in [2.75, 3.05) is 24.6 Å². The lowest BCUT2D eigenvalue weighted by atomic mass is 10.1. The van der Waals surface area contributed by atoms with Gasteiger partial charge in [-0.15, -0.1) is 10.2 Å². The van der Waals surface area contributed by atoms with Crippen LogP contribution in [0.1, 0.15) is 52.0 Å². The van der Waals surface area contributed by atoms with Crippen molar-refractivity contribution in [3.8, 4) is 0 Å². The molecule has 0 aromatic carbocycles. The van der Waals surface area contributed by atoms with E-state index in [0.717, 1.165) is 49.7 Å². The summed E-state index contributed by atoms with van der Waals surface area (Å²) in [6, 6.07) is 5.20. The Morgan fingerprint density at radius 2 is 1.88 bits per heavy atom. The maximum absolute atomic E-state index is 12.4. The van der Waals surface area contributed by atoms with Gasteiger partial charge in [0.2, 0.25) is 5.78 Å². The molecule has 0 unspecified atom stereocenters. The van der Waals surface area contributed by atoms with Gasteiger partial charge in [0.25, 0.3) is 0 Å². The summed E-state index contributed by atoms with van der Waals surface area (Å²) in [5.74, 6) is -0.0851. The van der Waals surface area contributed by atoms with E-state index in [-0.39, 0.29) is 18.1 Å². The van der Waals surface area contributed by atoms with Crippen molar-refractivity contribution >= 4 is 17.6 Å². The van der Waals surface area contributed by atoms with Crippen LogP contribution in [0, 0.1) is 13.8 Å². The van der Waals surface area contributed by atoms with Gasteiger partial charge in [-0.3, -0.25) is 4.79 Å². The third-order valence-electron chi connectivity index (χ3n) is 4.81. The zero-order valence-corrected chi connectivity index (χ0v) is 15.5. The standard InChI is InChI=1S/C19H24N4O3/c1-4-23-13(2)11-15(14(23)3)17(24)12-26-19(25)16-7-8-18(21-20-16)22-9-5-6-10-22/h7-8,11H,4-6,9-10,12H2,1-3H3. The molecule has 1 aliphatic heterocycles. The zero-order chi connectivity index (χ0) is 18.7. The summed E-state index contributed by atoms with van der Waals surface area (Å²) in [5.41, 5.74) is 2.61. The maximum atomic E-state index is 12.4. The molecule has 1 aliphatic rings. The number of carbonyl (C=O) groups excluding carboxylic acids is 2. The number of nitrogens with zero attached hydrogens (tertiary/aromatic N) is 4. The molecule has 0 aliphatic carbocycles. The molecular formula is C19H24N4O3. The predicted molar refractivity (Wildman–Crippen MR) is 97.7 cm³/mol. The molecule has 3 rings (SSSR count). The minimum absolute atomic E-state index is 0.111. The van der Waals surface area contributed by atoms with Gasteiger partial charge in [0.05, 0.1) is 0 Å². The molecule has 1 saturated heterocycles. The van der Waals surface area contributed by atoms with Crippen molar-refractivity contribution in [2.45, 2.75) is 40.2 Å². The molecular weight excluding hydrogens is 332 g/mol. The summed E-state index contributed by atoms with van der Waals surface area (Å²) >= 11 is 0. The van der Waals surface area contributed by atoms with E-state index in [1.165, 1.54) is 0 Å². The van der Waals surface area contributed by atoms with Crippen LogP contribution in [0.25, 0.3) is 0 Å². The first-order valence-corrected chi connectivity index (χ1v) is 8.97. The van der Waals surface area contributed by atoms with Gasteiger partial charge in [-0.2, -0.15) is 0 Å². The van der Waals surface area contributed by atoms with Gasteiger partial charge in [0.15, 0.2) is 18.1 Å². The van der Waals surface area contributed by atoms with E-state index in [0.29, 0.717) is 5.56 Å². The quantitative estimate of drug-likeness (QED) is 0.585. The molecule has 0 radical (unpaired) electrons. The molecule has 0 spiro atoms. The molecule has 1 fully saturated rings. The Hall–Kier alpha value is -2.70. The molecule has 26 heavy (non-hydrogen) atoms. The van der Waals surface area contributed by atoms with Crippen molar-refractivity contribution in [3.63, 3.8) is 0 Å². The minimum atomic E-state index is -0.636. The van der Waals surface area contributed by atoms with Gasteiger partial charge in [-0.25, -0.2) is 4.79 Å². The predicted octanol–water partition coefficient (Wildman–Crippen LogP) is 2.55. The third kappa shape index (κ3) is 3.61. The highest BCUT2D eigenvalue weighted by molar-refractivity contribution is 6.00. The Balaban J connectivity index is 1.60. The van der Waals surface area contributed by atoms with Gasteiger partial charge >= 0.3 is 5.97 Å². The summed E-state index contributed by atoms with van der Waals surface area (Å²) < 4.78 is 7.19. The van der Waals surface area contributed by atoms with Gasteiger partial charge in [0, 0.05) is 36.6 Å². The molecule has 0 atom stereocenters. The molecule has 2 aromatic heterocycles. The first kappa shape index (κ1) is 18.1. The van der Waals surface area contributed by atoms with Crippen LogP contribution in [0.15, 0.2) is 18.2 Å². The van der Waals surface area contributed by atoms with Crippen LogP contribution in [0.4, 0.5) is 5.82 Å². The molecule has 7 heteroatoms. The van der Waals surface area contributed by atoms with E-state index in [4.69, 9.17) is 4.74 Å². The Morgan fingerprint density at radius 1 is 1.15 bits per heavy atom. The van der Waals surface area contributed by atoms with Crippen LogP contribution in [0.3, 0.4) is 0 Å². The highest BCUT2D eigenvalue weighted by atomic mass is 16.5. The molecule has 0 amide bonds. The van der Waals surface area contributed by atoms with E-state index in [2.05, 4.69) is 19.7 Å². The number of ketones is 1. The molecule has 0 bridgehead atoms. The first-order chi connectivity index (χ1) is 12.5. The fraction of sp³-hybridized carbons (Fsp3) is 0.474. The van der Waals surface area contributed by atoms with Crippen LogP contribution < -0.4 is 4.90 Å². The Morgan fingerprint density at radius 3 is 2.46 bits per heavy atom. The van der Waals surface area contributed by atoms with Crippen molar-refractivity contribution in [1.82, 2.24) is 14.8 Å². The van der Waals surface area contributed by atoms with Gasteiger partial charge in [-0.1, -0.05) is 0 Å². The first-order valence-electron chi connectivity index (χ1n) is 8.97. The average Bonchev–Trinajstić information content (AvgIpc) is 3.28. The fourth-order valence-electron chi connectivity index (χ4n) is 3.40. The summed E-state index contributed by atoms with van der Waals surface area (Å²) in [5, 5.41) is 8.04. The highest BCUT2D eigenvalue weighted by Gasteiger charge is 2.19. The minimum Gasteiger partial charge on any atom is -0.453 e. The van der Waals surface area contributed by atoms with Gasteiger partial charge in [-0.05, 0) is 51.8 Å². The fourth-order valence-corrected chi connectivity index (χ4v) is 3.40. The van der Waals surface area contributed by atoms with Crippen molar-refractivity contribution in [2.24, 2.45) is 0 Å². The monoisotopic (exact) mass is 356 g/mol. The second-order valence-electron chi connectivity index (χ2n) is 6.50. The van der Waals surface area contributed by atoms with E-state index < -0.39 is 5.97 Å². The summed E-state index contributed by atoms with van der Waals surface area (Å²) in [6.45, 7) is 8.29. The summed E-state index contributed by atoms with van der Waals surface area (Å²) in [6.07, 6.45) is 2.29. The largest absolute Gasteiger partial charge is 0.453 e. The lowest BCUT2D eigenvalue weighted by molar-refractivity contribution is 0.0467. The lowest BCUT2D eigenvalue weighted by Gasteiger charge is -2.15. The van der Waals surface area contributed by atoms with Gasteiger partial charge in [0.1, 0.15) is 0 Å². The number of anilines is 1. The smallest absolute Gasteiger partial charge is 0.359 e. The van der Waals surface area contributed by atoms with Crippen LogP contribution in [-0.2, 0) is 11.3 Å². The summed E-state index contributed by atoms with van der Waals surface area (Å²) in [7, 11) is 0. The molecule has 2 aromatic rings. The molecule has 3 heterocycles. The van der Waals surface area contributed by atoms with E-state index >= 15 is 0 Å². The number of esters is 1. The number of rotatable bonds is 6. The number of hydrogen-bond donors (Lipinski definition) is 0. The van der Waals surface area contributed by atoms with E-state index in [1.807, 2.05) is 26.8 Å². The van der Waals surface area contributed by atoms with Crippen molar-refractivity contribution in [1.29, 1.82) is 0 Å². The van der Waals surface area contributed by atoms with Crippen LogP contribution >= 0.6 is 0 Å². The van der Waals surface area contributed by atoms with Crippen molar-refractivity contribution in [3.05, 3.63) is 40.8 Å². The lowest BCUT2D eigenvalue weighted by Crippen LogP contribution is -2.20. The molecule has 0 N–H and O–H groups in total. The molecule has 7 nitrogen and oxygen atoms in total. The van der Waals surface area contributed by atoms with Crippen LogP contribution in [-0.4, -0.2) is 46.2 Å². The van der Waals surface area contributed by atoms with Gasteiger partial charge < -0.3 is 14.2 Å². The topological polar surface area (TPSA) is 77.3 Å². The number of aromatic nitrogens is 3. The normalized spacial score (nSPS) is 13.9. The van der Waals surface area contributed by atoms with Crippen molar-refractivity contribution < 1.29 is 14.3 Å². The number of ether oxygens (including phenoxy) is 1. The maximum Gasteiger partial charge on any atom is 0.359 e. The third-order valence-corrected chi connectivity index (χ3v) is 4.81. The molecule has 138 valence electrons. The summed E-state index contributed by atoms with van der Waals surface area (Å²) in [4.78, 5) is 26.6. The van der Waals surface area contributed by atoms with Crippen LogP contribution in [0.2, 0.25) is 0 Å². The van der Waals surface area contributed by atoms with Crippen LogP contribution in [0.5, 0.6) is 0 Å². The average molecular weight is 356 g/mol. The highest BCUT2D eigenvalue weighted by Crippen LogP contribution is 2.17. The SMILES string of the molecule is CCn1c(C)cc(C(=O)COC(=O)c2ccc(N3CCCC3)nn2)c1C.